The van der Waals surface area contributed by atoms with Crippen molar-refractivity contribution in [3.05, 3.63) is 82.2 Å². The number of furan rings is 1. The van der Waals surface area contributed by atoms with Crippen molar-refractivity contribution in [3.63, 3.8) is 0 Å². The molecule has 1 unspecified atom stereocenters. The number of anilines is 1. The lowest BCUT2D eigenvalue weighted by molar-refractivity contribution is -0.120. The van der Waals surface area contributed by atoms with Gasteiger partial charge in [-0.2, -0.15) is 0 Å². The Morgan fingerprint density at radius 1 is 1.10 bits per heavy atom. The molecule has 5 nitrogen and oxygen atoms in total. The fourth-order valence-corrected chi connectivity index (χ4v) is 3.89. The van der Waals surface area contributed by atoms with E-state index in [1.54, 1.807) is 42.5 Å². The van der Waals surface area contributed by atoms with Gasteiger partial charge in [0.2, 0.25) is 5.91 Å². The molecule has 0 fully saturated rings. The lowest BCUT2D eigenvalue weighted by atomic mass is 10.2. The highest BCUT2D eigenvalue weighted by Gasteiger charge is 2.16. The van der Waals surface area contributed by atoms with E-state index in [1.807, 2.05) is 19.1 Å². The smallest absolute Gasteiger partial charge is 0.291 e. The minimum Gasteiger partial charge on any atom is -0.459 e. The van der Waals surface area contributed by atoms with Crippen LogP contribution in [0.15, 0.2) is 70.2 Å². The van der Waals surface area contributed by atoms with E-state index in [9.17, 15) is 9.59 Å². The van der Waals surface area contributed by atoms with Crippen LogP contribution in [-0.4, -0.2) is 17.1 Å². The minimum absolute atomic E-state index is 0.110. The Morgan fingerprint density at radius 3 is 2.55 bits per heavy atom. The van der Waals surface area contributed by atoms with Crippen LogP contribution in [0.2, 0.25) is 10.0 Å². The minimum atomic E-state index is -0.335. The topological polar surface area (TPSA) is 71.3 Å². The first kappa shape index (κ1) is 21.3. The Bertz CT molecular complexity index is 992. The van der Waals surface area contributed by atoms with Gasteiger partial charge in [-0.05, 0) is 55.0 Å². The van der Waals surface area contributed by atoms with E-state index in [0.717, 1.165) is 10.5 Å². The van der Waals surface area contributed by atoms with Crippen molar-refractivity contribution in [1.82, 2.24) is 5.32 Å². The molecule has 2 aromatic carbocycles. The number of benzene rings is 2. The van der Waals surface area contributed by atoms with Crippen LogP contribution in [-0.2, 0) is 11.3 Å². The molecular weight excluding hydrogens is 431 g/mol. The van der Waals surface area contributed by atoms with E-state index in [0.29, 0.717) is 22.3 Å². The number of carbonyl (C=O) groups is 2. The van der Waals surface area contributed by atoms with Crippen LogP contribution in [0, 0.1) is 0 Å². The van der Waals surface area contributed by atoms with Gasteiger partial charge in [0.1, 0.15) is 0 Å². The van der Waals surface area contributed by atoms with E-state index in [2.05, 4.69) is 10.6 Å². The van der Waals surface area contributed by atoms with Crippen molar-refractivity contribution in [3.8, 4) is 0 Å². The largest absolute Gasteiger partial charge is 0.459 e. The molecule has 8 heteroatoms. The summed E-state index contributed by atoms with van der Waals surface area (Å²) < 4.78 is 5.06. The second-order valence-electron chi connectivity index (χ2n) is 6.18. The number of halogens is 2. The molecule has 0 aliphatic rings. The number of carbonyl (C=O) groups excluding carboxylic acids is 2. The van der Waals surface area contributed by atoms with Gasteiger partial charge in [-0.1, -0.05) is 35.3 Å². The average Bonchev–Trinajstić information content (AvgIpc) is 3.25. The Kier molecular flexibility index (Phi) is 7.25. The van der Waals surface area contributed by atoms with Crippen LogP contribution in [0.5, 0.6) is 0 Å². The highest BCUT2D eigenvalue weighted by molar-refractivity contribution is 8.00. The molecule has 2 N–H and O–H groups in total. The summed E-state index contributed by atoms with van der Waals surface area (Å²) in [5.74, 6) is -0.185. The van der Waals surface area contributed by atoms with Crippen molar-refractivity contribution in [2.24, 2.45) is 0 Å². The summed E-state index contributed by atoms with van der Waals surface area (Å²) in [6.07, 6.45) is 1.44. The van der Waals surface area contributed by atoms with Gasteiger partial charge in [0.05, 0.1) is 16.5 Å². The second-order valence-corrected chi connectivity index (χ2v) is 8.41. The van der Waals surface area contributed by atoms with Crippen LogP contribution < -0.4 is 10.6 Å². The molecule has 0 saturated carbocycles. The molecule has 150 valence electrons. The third-order valence-electron chi connectivity index (χ3n) is 3.99. The van der Waals surface area contributed by atoms with Gasteiger partial charge in [-0.25, -0.2) is 0 Å². The van der Waals surface area contributed by atoms with E-state index in [-0.39, 0.29) is 22.8 Å². The molecule has 1 atom stereocenters. The molecular formula is C21H18Cl2N2O3S. The first-order chi connectivity index (χ1) is 13.9. The average molecular weight is 449 g/mol. The van der Waals surface area contributed by atoms with Gasteiger partial charge < -0.3 is 15.1 Å². The molecule has 0 aliphatic heterocycles. The summed E-state index contributed by atoms with van der Waals surface area (Å²) >= 11 is 13.5. The molecule has 0 bridgehead atoms. The molecule has 1 aromatic heterocycles. The van der Waals surface area contributed by atoms with Gasteiger partial charge >= 0.3 is 0 Å². The highest BCUT2D eigenvalue weighted by Crippen LogP contribution is 2.32. The Labute approximate surface area is 182 Å². The third-order valence-corrected chi connectivity index (χ3v) is 5.83. The Hall–Kier alpha value is -2.41. The number of amides is 2. The number of hydrogen-bond donors (Lipinski definition) is 2. The number of thioether (sulfide) groups is 1. The zero-order chi connectivity index (χ0) is 20.8. The SMILES string of the molecule is CC(Sc1cc(Cl)ccc1Cl)C(=O)NCc1ccc(NC(=O)c2ccco2)cc1. The summed E-state index contributed by atoms with van der Waals surface area (Å²) in [5.41, 5.74) is 1.55. The molecule has 3 rings (SSSR count). The number of rotatable bonds is 7. The van der Waals surface area contributed by atoms with E-state index in [4.69, 9.17) is 27.6 Å². The Balaban J connectivity index is 1.50. The fourth-order valence-electron chi connectivity index (χ4n) is 2.45. The fraction of sp³-hybridized carbons (Fsp3) is 0.143. The lowest BCUT2D eigenvalue weighted by Gasteiger charge is -2.13. The summed E-state index contributed by atoms with van der Waals surface area (Å²) in [6, 6.07) is 15.6. The molecule has 0 aliphatic carbocycles. The standard InChI is InChI=1S/C21H18Cl2N2O3S/c1-13(29-19-11-15(22)6-9-17(19)23)20(26)24-12-14-4-7-16(8-5-14)25-21(27)18-3-2-10-28-18/h2-11,13H,12H2,1H3,(H,24,26)(H,25,27). The van der Waals surface area contributed by atoms with Crippen molar-refractivity contribution >= 4 is 52.5 Å². The van der Waals surface area contributed by atoms with Crippen LogP contribution in [0.3, 0.4) is 0 Å². The summed E-state index contributed by atoms with van der Waals surface area (Å²) in [5, 5.41) is 6.44. The monoisotopic (exact) mass is 448 g/mol. The number of hydrogen-bond acceptors (Lipinski definition) is 4. The number of nitrogens with one attached hydrogen (secondary N) is 2. The van der Waals surface area contributed by atoms with Gasteiger partial charge in [-0.15, -0.1) is 11.8 Å². The maximum absolute atomic E-state index is 12.4. The molecule has 3 aromatic rings. The van der Waals surface area contributed by atoms with Crippen LogP contribution in [0.4, 0.5) is 5.69 Å². The summed E-state index contributed by atoms with van der Waals surface area (Å²) in [7, 11) is 0. The van der Waals surface area contributed by atoms with Crippen molar-refractivity contribution in [2.75, 3.05) is 5.32 Å². The summed E-state index contributed by atoms with van der Waals surface area (Å²) in [6.45, 7) is 2.18. The molecule has 0 radical (unpaired) electrons. The maximum atomic E-state index is 12.4. The van der Waals surface area contributed by atoms with Gasteiger partial charge in [0, 0.05) is 22.2 Å². The predicted molar refractivity (Wildman–Crippen MR) is 117 cm³/mol. The van der Waals surface area contributed by atoms with Crippen molar-refractivity contribution < 1.29 is 14.0 Å². The van der Waals surface area contributed by atoms with E-state index >= 15 is 0 Å². The van der Waals surface area contributed by atoms with E-state index in [1.165, 1.54) is 18.0 Å². The zero-order valence-corrected chi connectivity index (χ0v) is 17.8. The highest BCUT2D eigenvalue weighted by atomic mass is 35.5. The van der Waals surface area contributed by atoms with Crippen LogP contribution in [0.25, 0.3) is 0 Å². The quantitative estimate of drug-likeness (QED) is 0.459. The lowest BCUT2D eigenvalue weighted by Crippen LogP contribution is -2.30. The maximum Gasteiger partial charge on any atom is 0.291 e. The van der Waals surface area contributed by atoms with Gasteiger partial charge in [-0.3, -0.25) is 9.59 Å². The summed E-state index contributed by atoms with van der Waals surface area (Å²) in [4.78, 5) is 25.1. The normalized spacial score (nSPS) is 11.7. The van der Waals surface area contributed by atoms with Gasteiger partial charge in [0.25, 0.3) is 5.91 Å². The Morgan fingerprint density at radius 2 is 1.86 bits per heavy atom. The first-order valence-corrected chi connectivity index (χ1v) is 10.4. The first-order valence-electron chi connectivity index (χ1n) is 8.75. The van der Waals surface area contributed by atoms with Crippen LogP contribution >= 0.6 is 35.0 Å². The van der Waals surface area contributed by atoms with Gasteiger partial charge in [0.15, 0.2) is 5.76 Å². The van der Waals surface area contributed by atoms with Crippen molar-refractivity contribution in [1.29, 1.82) is 0 Å². The molecule has 0 spiro atoms. The third kappa shape index (κ3) is 6.03. The zero-order valence-electron chi connectivity index (χ0n) is 15.4. The second kappa shape index (κ2) is 9.87. The van der Waals surface area contributed by atoms with Crippen molar-refractivity contribution in [2.45, 2.75) is 23.6 Å². The molecule has 1 heterocycles. The van der Waals surface area contributed by atoms with E-state index < -0.39 is 0 Å². The van der Waals surface area contributed by atoms with Crippen LogP contribution in [0.1, 0.15) is 23.0 Å². The molecule has 29 heavy (non-hydrogen) atoms. The predicted octanol–water partition coefficient (Wildman–Crippen LogP) is 5.64. The molecule has 2 amide bonds. The molecule has 0 saturated heterocycles.